The SMILES string of the molecule is CCCNCC1(CN(CC)Cc2ccco2)CCCOC1. The van der Waals surface area contributed by atoms with Crippen molar-refractivity contribution in [3.8, 4) is 0 Å². The summed E-state index contributed by atoms with van der Waals surface area (Å²) in [6, 6.07) is 4.02. The van der Waals surface area contributed by atoms with Crippen LogP contribution >= 0.6 is 0 Å². The number of nitrogens with one attached hydrogen (secondary N) is 1. The summed E-state index contributed by atoms with van der Waals surface area (Å²) in [5.74, 6) is 1.05. The maximum atomic E-state index is 5.81. The van der Waals surface area contributed by atoms with Crippen LogP contribution in [0.1, 0.15) is 38.9 Å². The molecule has 1 aromatic heterocycles. The van der Waals surface area contributed by atoms with Crippen molar-refractivity contribution in [2.75, 3.05) is 39.4 Å². The van der Waals surface area contributed by atoms with Gasteiger partial charge in [-0.05, 0) is 44.5 Å². The third-order valence-electron chi connectivity index (χ3n) is 4.30. The number of rotatable bonds is 9. The molecule has 0 bridgehead atoms. The Morgan fingerprint density at radius 1 is 1.38 bits per heavy atom. The van der Waals surface area contributed by atoms with Crippen LogP contribution in [-0.2, 0) is 11.3 Å². The lowest BCUT2D eigenvalue weighted by Crippen LogP contribution is -2.49. The molecule has 0 radical (unpaired) electrons. The third kappa shape index (κ3) is 5.13. The van der Waals surface area contributed by atoms with Crippen molar-refractivity contribution >= 4 is 0 Å². The zero-order valence-electron chi connectivity index (χ0n) is 13.6. The molecule has 0 spiro atoms. The van der Waals surface area contributed by atoms with Crippen molar-refractivity contribution in [3.63, 3.8) is 0 Å². The number of hydrogen-bond acceptors (Lipinski definition) is 4. The standard InChI is InChI=1S/C17H30N2O2/c1-3-9-18-13-17(8-6-10-20-15-17)14-19(4-2)12-16-7-5-11-21-16/h5,7,11,18H,3-4,6,8-10,12-15H2,1-2H3. The van der Waals surface area contributed by atoms with E-state index in [0.29, 0.717) is 0 Å². The van der Waals surface area contributed by atoms with Gasteiger partial charge in [-0.25, -0.2) is 0 Å². The van der Waals surface area contributed by atoms with Gasteiger partial charge in [-0.1, -0.05) is 13.8 Å². The van der Waals surface area contributed by atoms with Crippen LogP contribution in [0.15, 0.2) is 22.8 Å². The Balaban J connectivity index is 1.94. The molecule has 0 amide bonds. The van der Waals surface area contributed by atoms with Crippen LogP contribution in [0.25, 0.3) is 0 Å². The molecule has 4 nitrogen and oxygen atoms in total. The largest absolute Gasteiger partial charge is 0.468 e. The molecular weight excluding hydrogens is 264 g/mol. The number of furan rings is 1. The zero-order valence-corrected chi connectivity index (χ0v) is 13.6. The minimum absolute atomic E-state index is 0.246. The van der Waals surface area contributed by atoms with E-state index in [1.807, 2.05) is 6.07 Å². The summed E-state index contributed by atoms with van der Waals surface area (Å²) >= 11 is 0. The maximum Gasteiger partial charge on any atom is 0.117 e. The predicted molar refractivity (Wildman–Crippen MR) is 85.3 cm³/mol. The van der Waals surface area contributed by atoms with E-state index in [4.69, 9.17) is 9.15 Å². The molecule has 1 unspecified atom stereocenters. The fraction of sp³-hybridized carbons (Fsp3) is 0.765. The molecule has 1 aliphatic rings. The summed E-state index contributed by atoms with van der Waals surface area (Å²) in [7, 11) is 0. The van der Waals surface area contributed by atoms with Gasteiger partial charge < -0.3 is 14.5 Å². The molecule has 1 saturated heterocycles. The van der Waals surface area contributed by atoms with Gasteiger partial charge in [0.2, 0.25) is 0 Å². The molecule has 1 N–H and O–H groups in total. The first-order chi connectivity index (χ1) is 10.3. The molecule has 1 aromatic rings. The van der Waals surface area contributed by atoms with Crippen LogP contribution in [0.3, 0.4) is 0 Å². The fourth-order valence-corrected chi connectivity index (χ4v) is 3.14. The average Bonchev–Trinajstić information content (AvgIpc) is 3.01. The quantitative estimate of drug-likeness (QED) is 0.711. The van der Waals surface area contributed by atoms with Crippen molar-refractivity contribution in [2.24, 2.45) is 5.41 Å². The van der Waals surface area contributed by atoms with E-state index in [0.717, 1.165) is 51.7 Å². The van der Waals surface area contributed by atoms with Gasteiger partial charge in [0.25, 0.3) is 0 Å². The van der Waals surface area contributed by atoms with E-state index in [2.05, 4.69) is 30.1 Å². The van der Waals surface area contributed by atoms with Gasteiger partial charge in [-0.3, -0.25) is 4.90 Å². The lowest BCUT2D eigenvalue weighted by atomic mass is 9.81. The first-order valence-electron chi connectivity index (χ1n) is 8.31. The van der Waals surface area contributed by atoms with Gasteiger partial charge in [-0.15, -0.1) is 0 Å². The van der Waals surface area contributed by atoms with Crippen molar-refractivity contribution in [1.29, 1.82) is 0 Å². The maximum absolute atomic E-state index is 5.81. The summed E-state index contributed by atoms with van der Waals surface area (Å²) in [5, 5.41) is 3.60. The van der Waals surface area contributed by atoms with Gasteiger partial charge in [-0.2, -0.15) is 0 Å². The van der Waals surface area contributed by atoms with Crippen LogP contribution in [0, 0.1) is 5.41 Å². The molecule has 2 rings (SSSR count). The van der Waals surface area contributed by atoms with E-state index in [-0.39, 0.29) is 5.41 Å². The van der Waals surface area contributed by atoms with E-state index >= 15 is 0 Å². The first-order valence-corrected chi connectivity index (χ1v) is 8.31. The van der Waals surface area contributed by atoms with Crippen LogP contribution in [0.2, 0.25) is 0 Å². The first kappa shape index (κ1) is 16.5. The van der Waals surface area contributed by atoms with E-state index in [1.165, 1.54) is 19.3 Å². The van der Waals surface area contributed by atoms with E-state index in [9.17, 15) is 0 Å². The van der Waals surface area contributed by atoms with Crippen molar-refractivity contribution in [2.45, 2.75) is 39.7 Å². The Hall–Kier alpha value is -0.840. The topological polar surface area (TPSA) is 37.6 Å². The number of hydrogen-bond donors (Lipinski definition) is 1. The van der Waals surface area contributed by atoms with Crippen LogP contribution in [0.5, 0.6) is 0 Å². The molecule has 120 valence electrons. The third-order valence-corrected chi connectivity index (χ3v) is 4.30. The van der Waals surface area contributed by atoms with Gasteiger partial charge >= 0.3 is 0 Å². The Morgan fingerprint density at radius 3 is 2.90 bits per heavy atom. The Kier molecular flexibility index (Phi) is 6.74. The second kappa shape index (κ2) is 8.57. The fourth-order valence-electron chi connectivity index (χ4n) is 3.14. The summed E-state index contributed by atoms with van der Waals surface area (Å²) in [6.45, 7) is 11.4. The molecule has 4 heteroatoms. The monoisotopic (exact) mass is 294 g/mol. The molecule has 21 heavy (non-hydrogen) atoms. The van der Waals surface area contributed by atoms with E-state index < -0.39 is 0 Å². The molecule has 2 heterocycles. The lowest BCUT2D eigenvalue weighted by molar-refractivity contribution is -0.0274. The summed E-state index contributed by atoms with van der Waals surface area (Å²) < 4.78 is 11.3. The molecule has 0 saturated carbocycles. The molecule has 0 aromatic carbocycles. The molecule has 1 fully saturated rings. The second-order valence-electron chi connectivity index (χ2n) is 6.22. The highest BCUT2D eigenvalue weighted by Crippen LogP contribution is 2.29. The normalized spacial score (nSPS) is 22.8. The molecule has 1 atom stereocenters. The van der Waals surface area contributed by atoms with Gasteiger partial charge in [0, 0.05) is 25.1 Å². The molecule has 0 aliphatic carbocycles. The van der Waals surface area contributed by atoms with Gasteiger partial charge in [0.1, 0.15) is 5.76 Å². The second-order valence-corrected chi connectivity index (χ2v) is 6.22. The predicted octanol–water partition coefficient (Wildman–Crippen LogP) is 2.90. The van der Waals surface area contributed by atoms with Crippen molar-refractivity contribution < 1.29 is 9.15 Å². The summed E-state index contributed by atoms with van der Waals surface area (Å²) in [6.07, 6.45) is 5.36. The Bertz CT molecular complexity index is 372. The van der Waals surface area contributed by atoms with Crippen LogP contribution in [0.4, 0.5) is 0 Å². The minimum Gasteiger partial charge on any atom is -0.468 e. The Morgan fingerprint density at radius 2 is 2.29 bits per heavy atom. The van der Waals surface area contributed by atoms with Crippen LogP contribution < -0.4 is 5.32 Å². The van der Waals surface area contributed by atoms with E-state index in [1.54, 1.807) is 6.26 Å². The van der Waals surface area contributed by atoms with Crippen molar-refractivity contribution in [1.82, 2.24) is 10.2 Å². The highest BCUT2D eigenvalue weighted by Gasteiger charge is 2.34. The summed E-state index contributed by atoms with van der Waals surface area (Å²) in [4.78, 5) is 2.47. The molecular formula is C17H30N2O2. The molecule has 1 aliphatic heterocycles. The van der Waals surface area contributed by atoms with Crippen LogP contribution in [-0.4, -0.2) is 44.3 Å². The minimum atomic E-state index is 0.246. The highest BCUT2D eigenvalue weighted by atomic mass is 16.5. The lowest BCUT2D eigenvalue weighted by Gasteiger charge is -2.40. The Labute approximate surface area is 128 Å². The number of ether oxygens (including phenoxy) is 1. The zero-order chi connectivity index (χ0) is 15.0. The highest BCUT2D eigenvalue weighted by molar-refractivity contribution is 4.98. The van der Waals surface area contributed by atoms with Crippen molar-refractivity contribution in [3.05, 3.63) is 24.2 Å². The van der Waals surface area contributed by atoms with Gasteiger partial charge in [0.05, 0.1) is 19.4 Å². The average molecular weight is 294 g/mol. The van der Waals surface area contributed by atoms with Gasteiger partial charge in [0.15, 0.2) is 0 Å². The summed E-state index contributed by atoms with van der Waals surface area (Å²) in [5.41, 5.74) is 0.246. The number of nitrogens with zero attached hydrogens (tertiary/aromatic N) is 1. The smallest absolute Gasteiger partial charge is 0.117 e.